The number of anilines is 2. The first-order valence-corrected chi connectivity index (χ1v) is 6.82. The number of rotatable bonds is 5. The van der Waals surface area contributed by atoms with Gasteiger partial charge in [0.15, 0.2) is 5.75 Å². The molecular weight excluding hydrogens is 277 g/mol. The highest BCUT2D eigenvalue weighted by atomic mass is 32.1. The molecule has 0 radical (unpaired) electrons. The molecule has 2 aromatic rings. The zero-order valence-electron chi connectivity index (χ0n) is 10.9. The molecule has 0 fully saturated rings. The third-order valence-corrected chi connectivity index (χ3v) is 3.89. The van der Waals surface area contributed by atoms with Crippen LogP contribution in [-0.2, 0) is 6.42 Å². The van der Waals surface area contributed by atoms with Crippen molar-refractivity contribution in [3.8, 4) is 11.8 Å². The highest BCUT2D eigenvalue weighted by molar-refractivity contribution is 7.17. The summed E-state index contributed by atoms with van der Waals surface area (Å²) in [7, 11) is 1.50. The molecule has 4 nitrogen and oxygen atoms in total. The maximum atomic E-state index is 13.5. The van der Waals surface area contributed by atoms with Crippen molar-refractivity contribution in [2.24, 2.45) is 0 Å². The third-order valence-electron chi connectivity index (χ3n) is 2.84. The second-order valence-electron chi connectivity index (χ2n) is 4.09. The minimum absolute atomic E-state index is 0.218. The summed E-state index contributed by atoms with van der Waals surface area (Å²) < 4.78 is 18.7. The van der Waals surface area contributed by atoms with E-state index in [2.05, 4.69) is 5.32 Å². The minimum Gasteiger partial charge on any atom is -0.492 e. The number of halogens is 1. The van der Waals surface area contributed by atoms with Crippen LogP contribution in [0.4, 0.5) is 15.1 Å². The summed E-state index contributed by atoms with van der Waals surface area (Å²) in [5.41, 5.74) is 6.78. The summed E-state index contributed by atoms with van der Waals surface area (Å²) in [6.07, 6.45) is 0.537. The van der Waals surface area contributed by atoms with Crippen LogP contribution in [-0.4, -0.2) is 13.7 Å². The van der Waals surface area contributed by atoms with Crippen LogP contribution in [0.3, 0.4) is 0 Å². The largest absolute Gasteiger partial charge is 0.492 e. The molecule has 0 spiro atoms. The molecule has 104 valence electrons. The Morgan fingerprint density at radius 3 is 2.85 bits per heavy atom. The molecule has 3 N–H and O–H groups in total. The van der Waals surface area contributed by atoms with Gasteiger partial charge in [-0.3, -0.25) is 0 Å². The summed E-state index contributed by atoms with van der Waals surface area (Å²) in [4.78, 5) is 0.412. The van der Waals surface area contributed by atoms with E-state index in [0.717, 1.165) is 0 Å². The lowest BCUT2D eigenvalue weighted by Crippen LogP contribution is -2.06. The van der Waals surface area contributed by atoms with Crippen molar-refractivity contribution < 1.29 is 9.13 Å². The topological polar surface area (TPSA) is 71.1 Å². The summed E-state index contributed by atoms with van der Waals surface area (Å²) in [5.74, 6) is 0.254. The van der Waals surface area contributed by atoms with Gasteiger partial charge in [0.2, 0.25) is 0 Å². The molecule has 0 saturated carbocycles. The van der Waals surface area contributed by atoms with E-state index >= 15 is 0 Å². The minimum atomic E-state index is -0.218. The molecule has 1 heterocycles. The number of ether oxygens (including phenoxy) is 1. The maximum absolute atomic E-state index is 13.5. The van der Waals surface area contributed by atoms with Gasteiger partial charge in [-0.1, -0.05) is 18.2 Å². The van der Waals surface area contributed by atoms with Crippen molar-refractivity contribution in [1.82, 2.24) is 0 Å². The Balaban J connectivity index is 2.05. The number of nitrogen functional groups attached to an aromatic ring is 1. The van der Waals surface area contributed by atoms with Crippen LogP contribution in [0.5, 0.6) is 5.75 Å². The Morgan fingerprint density at radius 2 is 2.20 bits per heavy atom. The summed E-state index contributed by atoms with van der Waals surface area (Å²) in [6, 6.07) is 8.67. The lowest BCUT2D eigenvalue weighted by Gasteiger charge is -2.07. The van der Waals surface area contributed by atoms with Gasteiger partial charge in [-0.15, -0.1) is 11.3 Å². The van der Waals surface area contributed by atoms with Crippen molar-refractivity contribution in [3.05, 3.63) is 40.5 Å². The van der Waals surface area contributed by atoms with Crippen LogP contribution < -0.4 is 15.8 Å². The van der Waals surface area contributed by atoms with E-state index in [-0.39, 0.29) is 5.82 Å². The molecule has 0 aliphatic heterocycles. The van der Waals surface area contributed by atoms with Crippen LogP contribution in [0.15, 0.2) is 24.3 Å². The number of hydrogen-bond donors (Lipinski definition) is 2. The summed E-state index contributed by atoms with van der Waals surface area (Å²) in [6.45, 7) is 0.530. The second-order valence-corrected chi connectivity index (χ2v) is 5.11. The average molecular weight is 291 g/mol. The number of hydrogen-bond acceptors (Lipinski definition) is 5. The molecule has 0 aliphatic rings. The van der Waals surface area contributed by atoms with Crippen molar-refractivity contribution in [1.29, 1.82) is 5.26 Å². The summed E-state index contributed by atoms with van der Waals surface area (Å²) >= 11 is 1.23. The van der Waals surface area contributed by atoms with Gasteiger partial charge in [0, 0.05) is 6.54 Å². The van der Waals surface area contributed by atoms with Crippen molar-refractivity contribution in [3.63, 3.8) is 0 Å². The van der Waals surface area contributed by atoms with Gasteiger partial charge < -0.3 is 15.8 Å². The van der Waals surface area contributed by atoms with E-state index in [1.54, 1.807) is 18.2 Å². The van der Waals surface area contributed by atoms with E-state index in [1.807, 2.05) is 6.07 Å². The Bertz CT molecular complexity index is 648. The molecule has 2 rings (SSSR count). The normalized spacial score (nSPS) is 10.1. The first-order valence-electron chi connectivity index (χ1n) is 6.01. The highest BCUT2D eigenvalue weighted by Crippen LogP contribution is 2.41. The standard InChI is InChI=1S/C14H14FN3OS/c1-19-13-12(17)11(8-16)20-14(13)18-7-6-9-4-2-3-5-10(9)15/h2-5,18H,6-7,17H2,1H3. The van der Waals surface area contributed by atoms with Crippen molar-refractivity contribution in [2.45, 2.75) is 6.42 Å². The molecule has 1 aromatic heterocycles. The maximum Gasteiger partial charge on any atom is 0.177 e. The van der Waals surface area contributed by atoms with Crippen LogP contribution in [0.1, 0.15) is 10.4 Å². The Kier molecular flexibility index (Phi) is 4.43. The van der Waals surface area contributed by atoms with Crippen LogP contribution >= 0.6 is 11.3 Å². The molecule has 0 saturated heterocycles. The molecule has 0 bridgehead atoms. The second kappa shape index (κ2) is 6.26. The zero-order valence-corrected chi connectivity index (χ0v) is 11.8. The fraction of sp³-hybridized carbons (Fsp3) is 0.214. The van der Waals surface area contributed by atoms with Crippen LogP contribution in [0, 0.1) is 17.1 Å². The fourth-order valence-corrected chi connectivity index (χ4v) is 2.76. The van der Waals surface area contributed by atoms with Crippen molar-refractivity contribution in [2.75, 3.05) is 24.7 Å². The van der Waals surface area contributed by atoms with Gasteiger partial charge in [-0.05, 0) is 18.1 Å². The van der Waals surface area contributed by atoms with Gasteiger partial charge in [0.25, 0.3) is 0 Å². The predicted molar refractivity (Wildman–Crippen MR) is 78.6 cm³/mol. The first kappa shape index (κ1) is 14.2. The van der Waals surface area contributed by atoms with Gasteiger partial charge in [0.1, 0.15) is 27.5 Å². The molecule has 0 atom stereocenters. The fourth-order valence-electron chi connectivity index (χ4n) is 1.84. The number of methoxy groups -OCH3 is 1. The third kappa shape index (κ3) is 2.83. The average Bonchev–Trinajstić information content (AvgIpc) is 2.76. The number of nitrogens with zero attached hydrogens (tertiary/aromatic N) is 1. The lowest BCUT2D eigenvalue weighted by molar-refractivity contribution is 0.420. The number of nitrogens with two attached hydrogens (primary N) is 1. The number of thiophene rings is 1. The molecule has 0 amide bonds. The van der Waals surface area contributed by atoms with E-state index in [4.69, 9.17) is 15.7 Å². The number of nitrogens with one attached hydrogen (secondary N) is 1. The zero-order chi connectivity index (χ0) is 14.5. The molecule has 0 unspecified atom stereocenters. The first-order chi connectivity index (χ1) is 9.67. The molecule has 20 heavy (non-hydrogen) atoms. The molecule has 1 aromatic carbocycles. The summed E-state index contributed by atoms with van der Waals surface area (Å²) in [5, 5.41) is 12.8. The van der Waals surface area contributed by atoms with E-state index in [0.29, 0.717) is 39.8 Å². The van der Waals surface area contributed by atoms with Crippen LogP contribution in [0.2, 0.25) is 0 Å². The molecule has 6 heteroatoms. The van der Waals surface area contributed by atoms with E-state index < -0.39 is 0 Å². The van der Waals surface area contributed by atoms with E-state index in [9.17, 15) is 4.39 Å². The highest BCUT2D eigenvalue weighted by Gasteiger charge is 2.16. The van der Waals surface area contributed by atoms with Gasteiger partial charge in [0.05, 0.1) is 7.11 Å². The van der Waals surface area contributed by atoms with Gasteiger partial charge in [-0.2, -0.15) is 5.26 Å². The van der Waals surface area contributed by atoms with Gasteiger partial charge in [-0.25, -0.2) is 4.39 Å². The van der Waals surface area contributed by atoms with Crippen LogP contribution in [0.25, 0.3) is 0 Å². The monoisotopic (exact) mass is 291 g/mol. The quantitative estimate of drug-likeness (QED) is 0.888. The Hall–Kier alpha value is -2.26. The SMILES string of the molecule is COc1c(NCCc2ccccc2F)sc(C#N)c1N. The molecular formula is C14H14FN3OS. The Morgan fingerprint density at radius 1 is 1.45 bits per heavy atom. The number of nitriles is 1. The number of benzene rings is 1. The van der Waals surface area contributed by atoms with Crippen molar-refractivity contribution >= 4 is 22.0 Å². The Labute approximate surface area is 120 Å². The van der Waals surface area contributed by atoms with E-state index in [1.165, 1.54) is 24.5 Å². The lowest BCUT2D eigenvalue weighted by atomic mass is 10.1. The predicted octanol–water partition coefficient (Wildman–Crippen LogP) is 3.00. The smallest absolute Gasteiger partial charge is 0.177 e. The molecule has 0 aliphatic carbocycles. The van der Waals surface area contributed by atoms with Gasteiger partial charge >= 0.3 is 0 Å².